The van der Waals surface area contributed by atoms with Crippen molar-refractivity contribution in [3.8, 4) is 0 Å². The molecule has 1 aromatic rings. The zero-order chi connectivity index (χ0) is 11.6. The normalized spacial score (nSPS) is 9.80. The van der Waals surface area contributed by atoms with Gasteiger partial charge in [0.2, 0.25) is 5.82 Å². The number of methoxy groups -OCH3 is 1. The van der Waals surface area contributed by atoms with Crippen LogP contribution < -0.4 is 0 Å². The number of esters is 1. The number of hydrogen-bond donors (Lipinski definition) is 0. The molecule has 1 rings (SSSR count). The first-order valence-electron chi connectivity index (χ1n) is 4.00. The molecule has 0 saturated carbocycles. The molecule has 0 aliphatic heterocycles. The number of benzene rings is 1. The van der Waals surface area contributed by atoms with E-state index in [2.05, 4.69) is 4.74 Å². The molecule has 0 spiro atoms. The highest BCUT2D eigenvalue weighted by Crippen LogP contribution is 2.26. The lowest BCUT2D eigenvalue weighted by Crippen LogP contribution is -2.09. The molecular formula is C9H8FNO4. The van der Waals surface area contributed by atoms with Gasteiger partial charge in [0.1, 0.15) is 5.56 Å². The highest BCUT2D eigenvalue weighted by atomic mass is 19.1. The summed E-state index contributed by atoms with van der Waals surface area (Å²) in [4.78, 5) is 20.9. The van der Waals surface area contributed by atoms with Crippen LogP contribution in [0.25, 0.3) is 0 Å². The molecule has 0 aliphatic carbocycles. The summed E-state index contributed by atoms with van der Waals surface area (Å²) in [6, 6.07) is 2.23. The van der Waals surface area contributed by atoms with Crippen molar-refractivity contribution in [2.24, 2.45) is 0 Å². The molecule has 6 heteroatoms. The van der Waals surface area contributed by atoms with Crippen molar-refractivity contribution in [2.45, 2.75) is 6.92 Å². The number of halogens is 1. The lowest BCUT2D eigenvalue weighted by molar-refractivity contribution is -0.387. The molecule has 5 nitrogen and oxygen atoms in total. The lowest BCUT2D eigenvalue weighted by Gasteiger charge is -2.04. The molecule has 0 radical (unpaired) electrons. The Balaban J connectivity index is 3.52. The maximum Gasteiger partial charge on any atom is 0.345 e. The Morgan fingerprint density at radius 2 is 2.13 bits per heavy atom. The van der Waals surface area contributed by atoms with E-state index in [-0.39, 0.29) is 5.56 Å². The van der Waals surface area contributed by atoms with Gasteiger partial charge in [0.05, 0.1) is 12.0 Å². The van der Waals surface area contributed by atoms with Crippen LogP contribution >= 0.6 is 0 Å². The van der Waals surface area contributed by atoms with Crippen molar-refractivity contribution in [3.05, 3.63) is 39.2 Å². The van der Waals surface area contributed by atoms with Crippen LogP contribution in [0.5, 0.6) is 0 Å². The van der Waals surface area contributed by atoms with Crippen molar-refractivity contribution in [2.75, 3.05) is 7.11 Å². The SMILES string of the molecule is COC(=O)c1c(C)ccc(F)c1[N+](=O)[O-]. The quantitative estimate of drug-likeness (QED) is 0.427. The van der Waals surface area contributed by atoms with Crippen molar-refractivity contribution in [3.63, 3.8) is 0 Å². The molecule has 0 unspecified atom stereocenters. The molecule has 0 aliphatic rings. The average molecular weight is 213 g/mol. The average Bonchev–Trinajstić information content (AvgIpc) is 2.19. The third kappa shape index (κ3) is 1.93. The van der Waals surface area contributed by atoms with Crippen LogP contribution in [0, 0.1) is 22.9 Å². The fraction of sp³-hybridized carbons (Fsp3) is 0.222. The molecule has 0 atom stereocenters. The second-order valence-electron chi connectivity index (χ2n) is 2.84. The Morgan fingerprint density at radius 3 is 2.60 bits per heavy atom. The molecule has 80 valence electrons. The van der Waals surface area contributed by atoms with Gasteiger partial charge in [-0.25, -0.2) is 4.79 Å². The van der Waals surface area contributed by atoms with E-state index >= 15 is 0 Å². The van der Waals surface area contributed by atoms with E-state index < -0.39 is 22.4 Å². The molecular weight excluding hydrogens is 205 g/mol. The van der Waals surface area contributed by atoms with E-state index in [1.807, 2.05) is 0 Å². The summed E-state index contributed by atoms with van der Waals surface area (Å²) in [5, 5.41) is 10.6. The number of nitro groups is 1. The number of aryl methyl sites for hydroxylation is 1. The van der Waals surface area contributed by atoms with Crippen molar-refractivity contribution >= 4 is 11.7 Å². The molecule has 0 aromatic heterocycles. The Kier molecular flexibility index (Phi) is 2.99. The van der Waals surface area contributed by atoms with Gasteiger partial charge in [0, 0.05) is 0 Å². The summed E-state index contributed by atoms with van der Waals surface area (Å²) >= 11 is 0. The summed E-state index contributed by atoms with van der Waals surface area (Å²) in [6.45, 7) is 1.47. The van der Waals surface area contributed by atoms with E-state index in [9.17, 15) is 19.3 Å². The highest BCUT2D eigenvalue weighted by molar-refractivity contribution is 5.95. The Morgan fingerprint density at radius 1 is 1.53 bits per heavy atom. The van der Waals surface area contributed by atoms with Gasteiger partial charge in [0.15, 0.2) is 0 Å². The van der Waals surface area contributed by atoms with Crippen LogP contribution in [0.1, 0.15) is 15.9 Å². The molecule has 0 bridgehead atoms. The van der Waals surface area contributed by atoms with Crippen LogP contribution in [0.2, 0.25) is 0 Å². The van der Waals surface area contributed by atoms with Crippen LogP contribution in [-0.4, -0.2) is 18.0 Å². The van der Waals surface area contributed by atoms with Gasteiger partial charge in [-0.3, -0.25) is 10.1 Å². The summed E-state index contributed by atoms with van der Waals surface area (Å²) in [7, 11) is 1.08. The second-order valence-corrected chi connectivity index (χ2v) is 2.84. The largest absolute Gasteiger partial charge is 0.465 e. The van der Waals surface area contributed by atoms with Gasteiger partial charge in [-0.2, -0.15) is 4.39 Å². The second kappa shape index (κ2) is 4.04. The van der Waals surface area contributed by atoms with E-state index in [1.165, 1.54) is 13.0 Å². The topological polar surface area (TPSA) is 69.4 Å². The fourth-order valence-electron chi connectivity index (χ4n) is 1.20. The van der Waals surface area contributed by atoms with E-state index in [4.69, 9.17) is 0 Å². The maximum absolute atomic E-state index is 13.1. The zero-order valence-electron chi connectivity index (χ0n) is 8.11. The molecule has 15 heavy (non-hydrogen) atoms. The number of nitro benzene ring substituents is 1. The zero-order valence-corrected chi connectivity index (χ0v) is 8.11. The monoisotopic (exact) mass is 213 g/mol. The first-order chi connectivity index (χ1) is 6.99. The maximum atomic E-state index is 13.1. The Hall–Kier alpha value is -1.98. The summed E-state index contributed by atoms with van der Waals surface area (Å²) in [5.74, 6) is -1.97. The van der Waals surface area contributed by atoms with E-state index in [0.29, 0.717) is 5.56 Å². The number of ether oxygens (including phenoxy) is 1. The van der Waals surface area contributed by atoms with Crippen LogP contribution in [0.15, 0.2) is 12.1 Å². The molecule has 0 N–H and O–H groups in total. The van der Waals surface area contributed by atoms with Gasteiger partial charge >= 0.3 is 11.7 Å². The minimum Gasteiger partial charge on any atom is -0.465 e. The minimum absolute atomic E-state index is 0.301. The summed E-state index contributed by atoms with van der Waals surface area (Å²) < 4.78 is 17.5. The Labute approximate surface area is 84.6 Å². The number of carbonyl (C=O) groups is 1. The van der Waals surface area contributed by atoms with Crippen molar-refractivity contribution < 1.29 is 18.8 Å². The number of carbonyl (C=O) groups excluding carboxylic acids is 1. The first-order valence-corrected chi connectivity index (χ1v) is 4.00. The van der Waals surface area contributed by atoms with Gasteiger partial charge in [-0.15, -0.1) is 0 Å². The number of nitrogens with zero attached hydrogens (tertiary/aromatic N) is 1. The van der Waals surface area contributed by atoms with Crippen molar-refractivity contribution in [1.29, 1.82) is 0 Å². The summed E-state index contributed by atoms with van der Waals surface area (Å²) in [6.07, 6.45) is 0. The highest BCUT2D eigenvalue weighted by Gasteiger charge is 2.27. The third-order valence-electron chi connectivity index (χ3n) is 1.91. The predicted molar refractivity (Wildman–Crippen MR) is 49.1 cm³/mol. The molecule has 1 aromatic carbocycles. The van der Waals surface area contributed by atoms with Crippen LogP contribution in [0.3, 0.4) is 0 Å². The van der Waals surface area contributed by atoms with Gasteiger partial charge in [-0.1, -0.05) is 6.07 Å². The van der Waals surface area contributed by atoms with Gasteiger partial charge in [0.25, 0.3) is 0 Å². The fourth-order valence-corrected chi connectivity index (χ4v) is 1.20. The molecule has 0 amide bonds. The van der Waals surface area contributed by atoms with Crippen LogP contribution in [-0.2, 0) is 4.74 Å². The van der Waals surface area contributed by atoms with E-state index in [1.54, 1.807) is 0 Å². The standard InChI is InChI=1S/C9H8FNO4/c1-5-3-4-6(10)8(11(13)14)7(5)9(12)15-2/h3-4H,1-2H3. The smallest absolute Gasteiger partial charge is 0.345 e. The Bertz CT molecular complexity index is 430. The van der Waals surface area contributed by atoms with Gasteiger partial charge in [-0.05, 0) is 18.6 Å². The predicted octanol–water partition coefficient (Wildman–Crippen LogP) is 1.83. The number of hydrogen-bond acceptors (Lipinski definition) is 4. The van der Waals surface area contributed by atoms with E-state index in [0.717, 1.165) is 13.2 Å². The van der Waals surface area contributed by atoms with Gasteiger partial charge < -0.3 is 4.74 Å². The first kappa shape index (κ1) is 11.1. The summed E-state index contributed by atoms with van der Waals surface area (Å²) in [5.41, 5.74) is -0.890. The number of rotatable bonds is 2. The third-order valence-corrected chi connectivity index (χ3v) is 1.91. The lowest BCUT2D eigenvalue weighted by atomic mass is 10.1. The molecule has 0 saturated heterocycles. The molecule has 0 heterocycles. The van der Waals surface area contributed by atoms with Crippen molar-refractivity contribution in [1.82, 2.24) is 0 Å². The van der Waals surface area contributed by atoms with Crippen LogP contribution in [0.4, 0.5) is 10.1 Å². The minimum atomic E-state index is -1.05. The molecule has 0 fully saturated rings.